The van der Waals surface area contributed by atoms with E-state index in [0.717, 1.165) is 25.0 Å². The third kappa shape index (κ3) is 1.76. The lowest BCUT2D eigenvalue weighted by Gasteiger charge is -2.30. The van der Waals surface area contributed by atoms with Crippen LogP contribution < -0.4 is 0 Å². The summed E-state index contributed by atoms with van der Waals surface area (Å²) >= 11 is 0. The molecule has 0 spiro atoms. The van der Waals surface area contributed by atoms with Crippen LogP contribution >= 0.6 is 0 Å². The summed E-state index contributed by atoms with van der Waals surface area (Å²) in [5.74, 6) is -0.224. The summed E-state index contributed by atoms with van der Waals surface area (Å²) in [7, 11) is 1.92. The van der Waals surface area contributed by atoms with Crippen molar-refractivity contribution in [2.45, 2.75) is 38.6 Å². The lowest BCUT2D eigenvalue weighted by atomic mass is 10.0. The Morgan fingerprint density at radius 1 is 1.50 bits per heavy atom. The predicted octanol–water partition coefficient (Wildman–Crippen LogP) is 1.13. The zero-order valence-corrected chi connectivity index (χ0v) is 10.0. The van der Waals surface area contributed by atoms with Gasteiger partial charge in [0.1, 0.15) is 0 Å². The van der Waals surface area contributed by atoms with Crippen LogP contribution in [0.25, 0.3) is 0 Å². The Morgan fingerprint density at radius 2 is 2.25 bits per heavy atom. The largest absolute Gasteiger partial charge is 0.395 e. The molecule has 1 N–H and O–H groups in total. The molecule has 1 saturated heterocycles. The summed E-state index contributed by atoms with van der Waals surface area (Å²) in [5, 5.41) is 13.0. The van der Waals surface area contributed by atoms with E-state index in [1.54, 1.807) is 5.01 Å². The van der Waals surface area contributed by atoms with Crippen molar-refractivity contribution in [3.8, 4) is 0 Å². The van der Waals surface area contributed by atoms with Gasteiger partial charge >= 0.3 is 0 Å². The molecule has 0 bridgehead atoms. The van der Waals surface area contributed by atoms with E-state index in [2.05, 4.69) is 6.08 Å². The molecule has 2 rings (SSSR count). The molecule has 90 valence electrons. The first-order valence-corrected chi connectivity index (χ1v) is 6.03. The van der Waals surface area contributed by atoms with Crippen LogP contribution in [0.5, 0.6) is 0 Å². The highest BCUT2D eigenvalue weighted by molar-refractivity contribution is 5.83. The van der Waals surface area contributed by atoms with E-state index in [0.29, 0.717) is 0 Å². The molecule has 1 aliphatic heterocycles. The SMILES string of the molecule is CC1C(CO)C(=O)N(C2=CCCCC2)N1C. The number of amides is 1. The molecule has 1 fully saturated rings. The number of aliphatic hydroxyl groups excluding tert-OH is 1. The van der Waals surface area contributed by atoms with E-state index in [9.17, 15) is 9.90 Å². The highest BCUT2D eigenvalue weighted by Crippen LogP contribution is 2.31. The summed E-state index contributed by atoms with van der Waals surface area (Å²) in [5.41, 5.74) is 1.11. The average Bonchev–Trinajstić information content (AvgIpc) is 2.51. The van der Waals surface area contributed by atoms with Crippen LogP contribution in [-0.4, -0.2) is 40.7 Å². The van der Waals surface area contributed by atoms with Crippen LogP contribution in [0.15, 0.2) is 11.8 Å². The van der Waals surface area contributed by atoms with Crippen molar-refractivity contribution in [3.05, 3.63) is 11.8 Å². The van der Waals surface area contributed by atoms with Gasteiger partial charge in [-0.2, -0.15) is 0 Å². The summed E-state index contributed by atoms with van der Waals surface area (Å²) in [6.45, 7) is 1.93. The minimum absolute atomic E-state index is 0.0469. The van der Waals surface area contributed by atoms with E-state index < -0.39 is 0 Å². The fourth-order valence-electron chi connectivity index (χ4n) is 2.55. The Hall–Kier alpha value is -0.870. The molecule has 0 aromatic heterocycles. The maximum atomic E-state index is 12.1. The maximum Gasteiger partial charge on any atom is 0.248 e. The molecule has 0 saturated carbocycles. The van der Waals surface area contributed by atoms with Crippen LogP contribution in [0, 0.1) is 5.92 Å². The van der Waals surface area contributed by atoms with Gasteiger partial charge in [-0.15, -0.1) is 0 Å². The summed E-state index contributed by atoms with van der Waals surface area (Å²) in [6.07, 6.45) is 6.56. The highest BCUT2D eigenvalue weighted by Gasteiger charge is 2.43. The molecule has 0 aromatic carbocycles. The number of rotatable bonds is 2. The first kappa shape index (κ1) is 11.6. The summed E-state index contributed by atoms with van der Waals surface area (Å²) in [4.78, 5) is 12.1. The van der Waals surface area contributed by atoms with E-state index in [1.165, 1.54) is 6.42 Å². The van der Waals surface area contributed by atoms with Crippen LogP contribution in [0.4, 0.5) is 0 Å². The second-order valence-corrected chi connectivity index (χ2v) is 4.69. The molecule has 4 heteroatoms. The van der Waals surface area contributed by atoms with Gasteiger partial charge in [0.25, 0.3) is 0 Å². The van der Waals surface area contributed by atoms with E-state index in [-0.39, 0.29) is 24.5 Å². The Balaban J connectivity index is 2.21. The fourth-order valence-corrected chi connectivity index (χ4v) is 2.55. The van der Waals surface area contributed by atoms with Gasteiger partial charge in [0, 0.05) is 18.8 Å². The molecule has 1 aliphatic carbocycles. The number of hydrazine groups is 1. The van der Waals surface area contributed by atoms with Crippen molar-refractivity contribution in [3.63, 3.8) is 0 Å². The monoisotopic (exact) mass is 224 g/mol. The van der Waals surface area contributed by atoms with Crippen LogP contribution in [0.1, 0.15) is 32.6 Å². The lowest BCUT2D eigenvalue weighted by Crippen LogP contribution is -2.38. The molecule has 4 nitrogen and oxygen atoms in total. The molecule has 0 radical (unpaired) electrons. The van der Waals surface area contributed by atoms with Crippen molar-refractivity contribution in [2.24, 2.45) is 5.92 Å². The van der Waals surface area contributed by atoms with Gasteiger partial charge in [-0.25, -0.2) is 10.0 Å². The van der Waals surface area contributed by atoms with Crippen molar-refractivity contribution in [1.29, 1.82) is 0 Å². The Labute approximate surface area is 96.5 Å². The number of hydrogen-bond donors (Lipinski definition) is 1. The van der Waals surface area contributed by atoms with Crippen molar-refractivity contribution in [1.82, 2.24) is 10.0 Å². The van der Waals surface area contributed by atoms with Gasteiger partial charge in [0.05, 0.1) is 12.5 Å². The Morgan fingerprint density at radius 3 is 2.75 bits per heavy atom. The summed E-state index contributed by atoms with van der Waals surface area (Å²) < 4.78 is 0. The molecule has 1 heterocycles. The minimum Gasteiger partial charge on any atom is -0.395 e. The highest BCUT2D eigenvalue weighted by atomic mass is 16.3. The number of allylic oxidation sites excluding steroid dienone is 2. The van der Waals surface area contributed by atoms with Gasteiger partial charge in [-0.05, 0) is 32.6 Å². The third-order valence-corrected chi connectivity index (χ3v) is 3.75. The fraction of sp³-hybridized carbons (Fsp3) is 0.750. The Bertz CT molecular complexity index is 314. The van der Waals surface area contributed by atoms with Crippen LogP contribution in [0.2, 0.25) is 0 Å². The van der Waals surface area contributed by atoms with Crippen LogP contribution in [-0.2, 0) is 4.79 Å². The molecule has 2 atom stereocenters. The second-order valence-electron chi connectivity index (χ2n) is 4.69. The number of nitrogens with zero attached hydrogens (tertiary/aromatic N) is 2. The smallest absolute Gasteiger partial charge is 0.248 e. The van der Waals surface area contributed by atoms with Crippen molar-refractivity contribution >= 4 is 5.91 Å². The van der Waals surface area contributed by atoms with Gasteiger partial charge in [0.2, 0.25) is 5.91 Å². The van der Waals surface area contributed by atoms with Crippen LogP contribution in [0.3, 0.4) is 0 Å². The van der Waals surface area contributed by atoms with E-state index >= 15 is 0 Å². The number of hydrogen-bond acceptors (Lipinski definition) is 3. The van der Waals surface area contributed by atoms with Gasteiger partial charge in [-0.1, -0.05) is 6.08 Å². The molecule has 2 unspecified atom stereocenters. The van der Waals surface area contributed by atoms with Crippen molar-refractivity contribution < 1.29 is 9.90 Å². The third-order valence-electron chi connectivity index (χ3n) is 3.75. The molecule has 0 aromatic rings. The Kier molecular flexibility index (Phi) is 3.30. The number of carbonyl (C=O) groups is 1. The van der Waals surface area contributed by atoms with E-state index in [4.69, 9.17) is 0 Å². The number of aliphatic hydroxyl groups is 1. The first-order chi connectivity index (χ1) is 7.66. The predicted molar refractivity (Wildman–Crippen MR) is 61.2 cm³/mol. The van der Waals surface area contributed by atoms with Gasteiger partial charge < -0.3 is 5.11 Å². The topological polar surface area (TPSA) is 43.8 Å². The quantitative estimate of drug-likeness (QED) is 0.764. The average molecular weight is 224 g/mol. The second kappa shape index (κ2) is 4.55. The van der Waals surface area contributed by atoms with Gasteiger partial charge in [0.15, 0.2) is 0 Å². The lowest BCUT2D eigenvalue weighted by molar-refractivity contribution is -0.136. The van der Waals surface area contributed by atoms with Gasteiger partial charge in [-0.3, -0.25) is 4.79 Å². The molecular weight excluding hydrogens is 204 g/mol. The standard InChI is InChI=1S/C12H20N2O2/c1-9-11(8-15)12(16)14(13(9)2)10-6-4-3-5-7-10/h6,9,11,15H,3-5,7-8H2,1-2H3. The zero-order valence-electron chi connectivity index (χ0n) is 10.0. The van der Waals surface area contributed by atoms with E-state index in [1.807, 2.05) is 19.0 Å². The molecule has 2 aliphatic rings. The van der Waals surface area contributed by atoms with Crippen molar-refractivity contribution in [2.75, 3.05) is 13.7 Å². The summed E-state index contributed by atoms with van der Waals surface area (Å²) in [6, 6.07) is 0.0836. The first-order valence-electron chi connectivity index (χ1n) is 6.03. The normalized spacial score (nSPS) is 32.1. The zero-order chi connectivity index (χ0) is 11.7. The molecule has 1 amide bonds. The molecular formula is C12H20N2O2. The number of carbonyl (C=O) groups excluding carboxylic acids is 1. The molecule has 16 heavy (non-hydrogen) atoms. The maximum absolute atomic E-state index is 12.1. The minimum atomic E-state index is -0.271.